The molecule has 7 heteroatoms. The van der Waals surface area contributed by atoms with Gasteiger partial charge in [0.2, 0.25) is 0 Å². The summed E-state index contributed by atoms with van der Waals surface area (Å²) in [6.45, 7) is 5.92. The fraction of sp³-hybridized carbons (Fsp3) is 0.280. The van der Waals surface area contributed by atoms with Gasteiger partial charge in [-0.25, -0.2) is 9.98 Å². The third-order valence-corrected chi connectivity index (χ3v) is 6.35. The molecule has 6 nitrogen and oxygen atoms in total. The monoisotopic (exact) mass is 448 g/mol. The second-order valence-corrected chi connectivity index (χ2v) is 8.46. The average Bonchev–Trinajstić information content (AvgIpc) is 3.46. The summed E-state index contributed by atoms with van der Waals surface area (Å²) in [7, 11) is 3.38. The summed E-state index contributed by atoms with van der Waals surface area (Å²) in [5, 5.41) is 2.15. The van der Waals surface area contributed by atoms with Crippen LogP contribution in [0.4, 0.5) is 5.69 Å². The molecule has 0 amide bonds. The number of benzene rings is 2. The molecule has 32 heavy (non-hydrogen) atoms. The van der Waals surface area contributed by atoms with E-state index in [0.29, 0.717) is 0 Å². The van der Waals surface area contributed by atoms with Crippen LogP contribution >= 0.6 is 11.3 Å². The zero-order valence-corrected chi connectivity index (χ0v) is 19.7. The minimum absolute atomic E-state index is 0.796. The third kappa shape index (κ3) is 4.62. The molecule has 166 valence electrons. The Morgan fingerprint density at radius 3 is 2.53 bits per heavy atom. The molecule has 0 unspecified atom stereocenters. The first-order valence-electron chi connectivity index (χ1n) is 10.6. The number of para-hydroxylation sites is 1. The average molecular weight is 449 g/mol. The van der Waals surface area contributed by atoms with Gasteiger partial charge in [0.05, 0.1) is 31.9 Å². The van der Waals surface area contributed by atoms with Crippen LogP contribution in [0.15, 0.2) is 65.5 Å². The molecule has 0 saturated heterocycles. The number of imidazole rings is 1. The van der Waals surface area contributed by atoms with E-state index in [1.807, 2.05) is 36.9 Å². The van der Waals surface area contributed by atoms with E-state index in [1.165, 1.54) is 11.1 Å². The Morgan fingerprint density at radius 2 is 1.84 bits per heavy atom. The molecular formula is C25H28N4O2S. The van der Waals surface area contributed by atoms with E-state index in [0.717, 1.165) is 52.8 Å². The lowest BCUT2D eigenvalue weighted by Crippen LogP contribution is -2.17. The van der Waals surface area contributed by atoms with Crippen molar-refractivity contribution >= 4 is 17.0 Å². The fourth-order valence-electron chi connectivity index (χ4n) is 3.77. The minimum atomic E-state index is 0.796. The van der Waals surface area contributed by atoms with Gasteiger partial charge in [0.25, 0.3) is 0 Å². The molecule has 0 N–H and O–H groups in total. The molecular weight excluding hydrogens is 420 g/mol. The lowest BCUT2D eigenvalue weighted by atomic mass is 10.1. The van der Waals surface area contributed by atoms with Gasteiger partial charge in [-0.3, -0.25) is 0 Å². The number of nitrogens with zero attached hydrogens (tertiary/aromatic N) is 4. The quantitative estimate of drug-likeness (QED) is 0.364. The molecule has 0 aliphatic carbocycles. The van der Waals surface area contributed by atoms with Gasteiger partial charge in [-0.05, 0) is 49.6 Å². The second-order valence-electron chi connectivity index (χ2n) is 7.63. The number of aromatic nitrogens is 3. The van der Waals surface area contributed by atoms with Crippen LogP contribution in [-0.2, 0) is 13.1 Å². The summed E-state index contributed by atoms with van der Waals surface area (Å²) in [5.41, 5.74) is 5.43. The number of aryl methyl sites for hydroxylation is 3. The van der Waals surface area contributed by atoms with Crippen LogP contribution in [-0.4, -0.2) is 28.3 Å². The molecule has 0 fully saturated rings. The summed E-state index contributed by atoms with van der Waals surface area (Å²) < 4.78 is 15.5. The Hall–Kier alpha value is -3.32. The van der Waals surface area contributed by atoms with Crippen molar-refractivity contribution < 1.29 is 9.47 Å². The molecule has 0 aliphatic heterocycles. The summed E-state index contributed by atoms with van der Waals surface area (Å²) >= 11 is 1.64. The van der Waals surface area contributed by atoms with Gasteiger partial charge >= 0.3 is 0 Å². The molecule has 2 heterocycles. The normalized spacial score (nSPS) is 11.7. The first-order valence-corrected chi connectivity index (χ1v) is 11.5. The van der Waals surface area contributed by atoms with Crippen LogP contribution in [0.25, 0.3) is 11.3 Å². The summed E-state index contributed by atoms with van der Waals surface area (Å²) in [6, 6.07) is 12.2. The van der Waals surface area contributed by atoms with Crippen LogP contribution in [0, 0.1) is 13.8 Å². The maximum atomic E-state index is 5.68. The minimum Gasteiger partial charge on any atom is -0.497 e. The van der Waals surface area contributed by atoms with Gasteiger partial charge in [-0.15, -0.1) is 11.3 Å². The van der Waals surface area contributed by atoms with Gasteiger partial charge in [-0.2, -0.15) is 0 Å². The number of thiazole rings is 1. The Morgan fingerprint density at radius 1 is 1.03 bits per heavy atom. The Bertz CT molecular complexity index is 1240. The highest BCUT2D eigenvalue weighted by Gasteiger charge is 2.15. The van der Waals surface area contributed by atoms with Crippen LogP contribution in [0.1, 0.15) is 17.5 Å². The van der Waals surface area contributed by atoms with Crippen LogP contribution in [0.3, 0.4) is 0 Å². The van der Waals surface area contributed by atoms with E-state index < -0.39 is 0 Å². The van der Waals surface area contributed by atoms with E-state index in [4.69, 9.17) is 14.5 Å². The van der Waals surface area contributed by atoms with Gasteiger partial charge < -0.3 is 18.6 Å². The maximum absolute atomic E-state index is 5.68. The predicted octanol–water partition coefficient (Wildman–Crippen LogP) is 5.37. The number of hydrogen-bond donors (Lipinski definition) is 0. The molecule has 0 bridgehead atoms. The van der Waals surface area contributed by atoms with E-state index >= 15 is 0 Å². The lowest BCUT2D eigenvalue weighted by molar-refractivity contribution is 0.404. The SMILES string of the molecule is COc1ccc(OC)c(-c2csc(=Nc3c(C)cccc3C)n2CCCn2ccnc2)c1. The standard InChI is InChI=1S/C25H28N4O2S/c1-18-7-5-8-19(2)24(18)27-25-29(13-6-12-28-14-11-26-17-28)22(16-32-25)21-15-20(30-3)9-10-23(21)31-4/h5,7-11,14-17H,6,12-13H2,1-4H3. The van der Waals surface area contributed by atoms with Crippen molar-refractivity contribution in [1.29, 1.82) is 0 Å². The molecule has 4 aromatic rings. The molecule has 0 radical (unpaired) electrons. The molecule has 2 aromatic heterocycles. The van der Waals surface area contributed by atoms with Crippen LogP contribution in [0.2, 0.25) is 0 Å². The van der Waals surface area contributed by atoms with Crippen LogP contribution in [0.5, 0.6) is 11.5 Å². The highest BCUT2D eigenvalue weighted by Crippen LogP contribution is 2.34. The van der Waals surface area contributed by atoms with Crippen molar-refractivity contribution in [3.8, 4) is 22.8 Å². The van der Waals surface area contributed by atoms with Gasteiger partial charge in [-0.1, -0.05) is 18.2 Å². The van der Waals surface area contributed by atoms with Gasteiger partial charge in [0.1, 0.15) is 11.5 Å². The van der Waals surface area contributed by atoms with Crippen molar-refractivity contribution in [3.05, 3.63) is 76.4 Å². The maximum Gasteiger partial charge on any atom is 0.190 e. The Balaban J connectivity index is 1.81. The van der Waals surface area contributed by atoms with Crippen molar-refractivity contribution in [2.45, 2.75) is 33.4 Å². The highest BCUT2D eigenvalue weighted by atomic mass is 32.1. The molecule has 0 saturated carbocycles. The van der Waals surface area contributed by atoms with Crippen molar-refractivity contribution in [1.82, 2.24) is 14.1 Å². The first-order chi connectivity index (χ1) is 15.6. The van der Waals surface area contributed by atoms with Crippen molar-refractivity contribution in [2.24, 2.45) is 4.99 Å². The fourth-order valence-corrected chi connectivity index (χ4v) is 4.70. The van der Waals surface area contributed by atoms with Crippen molar-refractivity contribution in [3.63, 3.8) is 0 Å². The third-order valence-electron chi connectivity index (χ3n) is 5.48. The highest BCUT2D eigenvalue weighted by molar-refractivity contribution is 7.07. The topological polar surface area (TPSA) is 53.6 Å². The zero-order valence-electron chi connectivity index (χ0n) is 18.9. The first kappa shape index (κ1) is 21.9. The molecule has 0 aliphatic rings. The Kier molecular flexibility index (Phi) is 6.75. The van der Waals surface area contributed by atoms with Crippen LogP contribution < -0.4 is 14.3 Å². The van der Waals surface area contributed by atoms with E-state index in [2.05, 4.69) is 51.5 Å². The summed E-state index contributed by atoms with van der Waals surface area (Å²) in [4.78, 5) is 10.2. The summed E-state index contributed by atoms with van der Waals surface area (Å²) in [5.74, 6) is 1.61. The largest absolute Gasteiger partial charge is 0.497 e. The lowest BCUT2D eigenvalue weighted by Gasteiger charge is -2.14. The molecule has 2 aromatic carbocycles. The van der Waals surface area contributed by atoms with E-state index in [-0.39, 0.29) is 0 Å². The Labute approximate surface area is 192 Å². The number of hydrogen-bond acceptors (Lipinski definition) is 5. The number of methoxy groups -OCH3 is 2. The molecule has 0 spiro atoms. The molecule has 0 atom stereocenters. The number of ether oxygens (including phenoxy) is 2. The zero-order chi connectivity index (χ0) is 22.5. The predicted molar refractivity (Wildman–Crippen MR) is 129 cm³/mol. The molecule has 4 rings (SSSR count). The van der Waals surface area contributed by atoms with Gasteiger partial charge in [0.15, 0.2) is 4.80 Å². The van der Waals surface area contributed by atoms with Gasteiger partial charge in [0, 0.05) is 36.4 Å². The smallest absolute Gasteiger partial charge is 0.190 e. The summed E-state index contributed by atoms with van der Waals surface area (Å²) in [6.07, 6.45) is 6.61. The van der Waals surface area contributed by atoms with E-state index in [9.17, 15) is 0 Å². The van der Waals surface area contributed by atoms with E-state index in [1.54, 1.807) is 25.6 Å². The number of rotatable bonds is 8. The van der Waals surface area contributed by atoms with Crippen molar-refractivity contribution in [2.75, 3.05) is 14.2 Å². The second kappa shape index (κ2) is 9.87.